The smallest absolute Gasteiger partial charge is 0.0168 e. The van der Waals surface area contributed by atoms with E-state index in [9.17, 15) is 0 Å². The van der Waals surface area contributed by atoms with E-state index in [1.165, 1.54) is 19.4 Å². The first-order valence-electron chi connectivity index (χ1n) is 3.23. The SMILES string of the molecule is CN1CCC[C@H](N)C1.[HH]. The molecule has 1 aliphatic rings. The summed E-state index contributed by atoms with van der Waals surface area (Å²) in [7, 11) is 2.12. The molecule has 1 heterocycles. The van der Waals surface area contributed by atoms with Gasteiger partial charge in [-0.15, -0.1) is 0 Å². The normalized spacial score (nSPS) is 33.0. The Morgan fingerprint density at radius 2 is 2.50 bits per heavy atom. The van der Waals surface area contributed by atoms with Gasteiger partial charge in [-0.05, 0) is 26.4 Å². The predicted octanol–water partition coefficient (Wildman–Crippen LogP) is 0.285. The van der Waals surface area contributed by atoms with Crippen LogP contribution in [0.5, 0.6) is 0 Å². The van der Waals surface area contributed by atoms with E-state index in [-0.39, 0.29) is 1.43 Å². The molecule has 1 fully saturated rings. The molecule has 0 radical (unpaired) electrons. The molecule has 0 unspecified atom stereocenters. The molecule has 2 nitrogen and oxygen atoms in total. The Kier molecular flexibility index (Phi) is 1.86. The quantitative estimate of drug-likeness (QED) is 0.493. The van der Waals surface area contributed by atoms with Gasteiger partial charge in [0.05, 0.1) is 0 Å². The lowest BCUT2D eigenvalue weighted by Gasteiger charge is -2.26. The first-order valence-corrected chi connectivity index (χ1v) is 3.23. The van der Waals surface area contributed by atoms with Crippen LogP contribution in [0, 0.1) is 0 Å². The predicted molar refractivity (Wildman–Crippen MR) is 36.8 cm³/mol. The number of rotatable bonds is 0. The molecule has 1 atom stereocenters. The summed E-state index contributed by atoms with van der Waals surface area (Å²) in [4.78, 5) is 2.29. The van der Waals surface area contributed by atoms with E-state index in [4.69, 9.17) is 5.73 Å². The number of nitrogens with two attached hydrogens (primary N) is 1. The van der Waals surface area contributed by atoms with Gasteiger partial charge in [-0.25, -0.2) is 0 Å². The highest BCUT2D eigenvalue weighted by Gasteiger charge is 2.11. The van der Waals surface area contributed by atoms with Gasteiger partial charge in [0.15, 0.2) is 0 Å². The van der Waals surface area contributed by atoms with E-state index in [2.05, 4.69) is 11.9 Å². The molecule has 0 saturated carbocycles. The third kappa shape index (κ3) is 1.46. The molecule has 0 aromatic heterocycles. The largest absolute Gasteiger partial charge is 0.327 e. The fourth-order valence-electron chi connectivity index (χ4n) is 1.21. The second-order valence-corrected chi connectivity index (χ2v) is 2.66. The first-order chi connectivity index (χ1) is 3.79. The minimum atomic E-state index is 0. The number of hydrogen-bond acceptors (Lipinski definition) is 2. The van der Waals surface area contributed by atoms with Crippen molar-refractivity contribution < 1.29 is 1.43 Å². The Morgan fingerprint density at radius 1 is 1.75 bits per heavy atom. The molecule has 0 bridgehead atoms. The zero-order valence-corrected chi connectivity index (χ0v) is 5.43. The van der Waals surface area contributed by atoms with Crippen molar-refractivity contribution in [2.45, 2.75) is 18.9 Å². The van der Waals surface area contributed by atoms with Crippen LogP contribution < -0.4 is 5.73 Å². The van der Waals surface area contributed by atoms with Crippen LogP contribution in [-0.4, -0.2) is 31.1 Å². The standard InChI is InChI=1S/C6H14N2.H2/c1-8-4-2-3-6(7)5-8;/h6H,2-5,7H2,1H3;1H/t6-;/m0./s1. The van der Waals surface area contributed by atoms with Gasteiger partial charge in [0.1, 0.15) is 0 Å². The summed E-state index contributed by atoms with van der Waals surface area (Å²) in [5.41, 5.74) is 5.68. The second-order valence-electron chi connectivity index (χ2n) is 2.66. The average molecular weight is 116 g/mol. The topological polar surface area (TPSA) is 29.3 Å². The van der Waals surface area contributed by atoms with Crippen LogP contribution in [-0.2, 0) is 0 Å². The Hall–Kier alpha value is -0.0800. The van der Waals surface area contributed by atoms with Gasteiger partial charge < -0.3 is 10.6 Å². The highest BCUT2D eigenvalue weighted by Crippen LogP contribution is 2.04. The minimum absolute atomic E-state index is 0. The van der Waals surface area contributed by atoms with E-state index < -0.39 is 0 Å². The number of piperidine rings is 1. The molecule has 0 amide bonds. The van der Waals surface area contributed by atoms with Gasteiger partial charge >= 0.3 is 0 Å². The maximum Gasteiger partial charge on any atom is 0.0168 e. The Bertz CT molecular complexity index is 69.5. The molecule has 1 aliphatic heterocycles. The molecule has 1 rings (SSSR count). The number of hydrogen-bond donors (Lipinski definition) is 1. The van der Waals surface area contributed by atoms with Crippen molar-refractivity contribution >= 4 is 0 Å². The third-order valence-corrected chi connectivity index (χ3v) is 1.66. The van der Waals surface area contributed by atoms with Gasteiger partial charge in [0, 0.05) is 14.0 Å². The molecule has 8 heavy (non-hydrogen) atoms. The summed E-state index contributed by atoms with van der Waals surface area (Å²) < 4.78 is 0. The highest BCUT2D eigenvalue weighted by molar-refractivity contribution is 4.71. The van der Waals surface area contributed by atoms with Crippen LogP contribution in [0.3, 0.4) is 0 Å². The molecule has 50 valence electrons. The zero-order valence-electron chi connectivity index (χ0n) is 5.43. The summed E-state index contributed by atoms with van der Waals surface area (Å²) in [5, 5.41) is 0. The number of nitrogens with zero attached hydrogens (tertiary/aromatic N) is 1. The maximum absolute atomic E-state index is 5.68. The van der Waals surface area contributed by atoms with Crippen molar-refractivity contribution in [3.8, 4) is 0 Å². The lowest BCUT2D eigenvalue weighted by molar-refractivity contribution is 0.252. The van der Waals surface area contributed by atoms with Crippen LogP contribution in [0.15, 0.2) is 0 Å². The lowest BCUT2D eigenvalue weighted by Crippen LogP contribution is -2.40. The molecule has 0 spiro atoms. The molecule has 1 saturated heterocycles. The highest BCUT2D eigenvalue weighted by atomic mass is 15.1. The van der Waals surface area contributed by atoms with Crippen LogP contribution in [0.2, 0.25) is 0 Å². The summed E-state index contributed by atoms with van der Waals surface area (Å²) >= 11 is 0. The van der Waals surface area contributed by atoms with Crippen molar-refractivity contribution in [1.82, 2.24) is 4.90 Å². The summed E-state index contributed by atoms with van der Waals surface area (Å²) in [6, 6.07) is 0.439. The van der Waals surface area contributed by atoms with E-state index in [1.807, 2.05) is 0 Å². The number of likely N-dealkylation sites (tertiary alicyclic amines) is 1. The van der Waals surface area contributed by atoms with E-state index in [1.54, 1.807) is 0 Å². The molecule has 0 aromatic rings. The molecular formula is C6H16N2. The van der Waals surface area contributed by atoms with Crippen molar-refractivity contribution in [1.29, 1.82) is 0 Å². The van der Waals surface area contributed by atoms with Gasteiger partial charge in [0.25, 0.3) is 0 Å². The van der Waals surface area contributed by atoms with Crippen LogP contribution in [0.1, 0.15) is 14.3 Å². The van der Waals surface area contributed by atoms with Gasteiger partial charge in [0.2, 0.25) is 0 Å². The average Bonchev–Trinajstić information content (AvgIpc) is 1.64. The Morgan fingerprint density at radius 3 is 2.88 bits per heavy atom. The molecule has 0 aromatic carbocycles. The van der Waals surface area contributed by atoms with Crippen molar-refractivity contribution in [3.05, 3.63) is 0 Å². The fraction of sp³-hybridized carbons (Fsp3) is 1.00. The molecular weight excluding hydrogens is 100 g/mol. The summed E-state index contributed by atoms with van der Waals surface area (Å²) in [5.74, 6) is 0. The zero-order chi connectivity index (χ0) is 5.98. The summed E-state index contributed by atoms with van der Waals surface area (Å²) in [6.45, 7) is 2.31. The Balaban J connectivity index is 0.000000640. The molecule has 2 heteroatoms. The van der Waals surface area contributed by atoms with E-state index in [0.717, 1.165) is 6.54 Å². The van der Waals surface area contributed by atoms with E-state index >= 15 is 0 Å². The fourth-order valence-corrected chi connectivity index (χ4v) is 1.21. The maximum atomic E-state index is 5.68. The van der Waals surface area contributed by atoms with Crippen molar-refractivity contribution in [2.24, 2.45) is 5.73 Å². The van der Waals surface area contributed by atoms with E-state index in [0.29, 0.717) is 6.04 Å². The minimum Gasteiger partial charge on any atom is -0.327 e. The first kappa shape index (κ1) is 6.05. The lowest BCUT2D eigenvalue weighted by atomic mass is 10.1. The molecule has 2 N–H and O–H groups in total. The molecule has 0 aliphatic carbocycles. The second kappa shape index (κ2) is 2.46. The van der Waals surface area contributed by atoms with Gasteiger partial charge in [-0.2, -0.15) is 0 Å². The van der Waals surface area contributed by atoms with Gasteiger partial charge in [-0.3, -0.25) is 0 Å². The van der Waals surface area contributed by atoms with Gasteiger partial charge in [-0.1, -0.05) is 0 Å². The van der Waals surface area contributed by atoms with Crippen molar-refractivity contribution in [2.75, 3.05) is 20.1 Å². The number of likely N-dealkylation sites (N-methyl/N-ethyl adjacent to an activating group) is 1. The van der Waals surface area contributed by atoms with Crippen molar-refractivity contribution in [3.63, 3.8) is 0 Å². The van der Waals surface area contributed by atoms with Crippen LogP contribution >= 0.6 is 0 Å². The summed E-state index contributed by atoms with van der Waals surface area (Å²) in [6.07, 6.45) is 2.49. The van der Waals surface area contributed by atoms with Crippen LogP contribution in [0.4, 0.5) is 0 Å². The Labute approximate surface area is 52.1 Å². The van der Waals surface area contributed by atoms with Crippen LogP contribution in [0.25, 0.3) is 0 Å². The third-order valence-electron chi connectivity index (χ3n) is 1.66. The monoisotopic (exact) mass is 116 g/mol.